The topological polar surface area (TPSA) is 5.90 Å². The van der Waals surface area contributed by atoms with Crippen LogP contribution in [-0.2, 0) is 0 Å². The summed E-state index contributed by atoms with van der Waals surface area (Å²) in [4.78, 5) is 2.49. The Hall–Kier alpha value is -0.0400. The van der Waals surface area contributed by atoms with Crippen molar-refractivity contribution in [3.8, 4) is 0 Å². The molecular formula is C13H29N+. The van der Waals surface area contributed by atoms with Crippen LogP contribution in [0.3, 0.4) is 0 Å². The fourth-order valence-corrected chi connectivity index (χ4v) is 1.73. The molecule has 0 fully saturated rings. The van der Waals surface area contributed by atoms with Gasteiger partial charge in [-0.25, -0.2) is 0 Å². The maximum Gasteiger partial charge on any atom is 0.122 e. The Balaban J connectivity index is 3.07. The Morgan fingerprint density at radius 3 is 1.43 bits per heavy atom. The Morgan fingerprint density at radius 1 is 0.643 bits per heavy atom. The standard InChI is InChI=1S/C13H29N/c1-4-6-8-10-12-14(3)13-11-9-7-5-2/h4-13H2,1-3H3/q+1. The lowest BCUT2D eigenvalue weighted by atomic mass is 10.2. The molecule has 0 spiro atoms. The van der Waals surface area contributed by atoms with E-state index in [0.29, 0.717) is 0 Å². The molecule has 85 valence electrons. The average Bonchev–Trinajstić information content (AvgIpc) is 2.19. The van der Waals surface area contributed by atoms with Crippen LogP contribution in [0, 0.1) is 0 Å². The predicted molar refractivity (Wildman–Crippen MR) is 66.1 cm³/mol. The van der Waals surface area contributed by atoms with E-state index in [9.17, 15) is 0 Å². The molecule has 0 aromatic heterocycles. The third-order valence-corrected chi connectivity index (χ3v) is 2.79. The smallest absolute Gasteiger partial charge is 0.122 e. The highest BCUT2D eigenvalue weighted by Crippen LogP contribution is 2.02. The largest absolute Gasteiger partial charge is 0.173 e. The van der Waals surface area contributed by atoms with E-state index in [1.54, 1.807) is 0 Å². The maximum absolute atomic E-state index is 2.49. The summed E-state index contributed by atoms with van der Waals surface area (Å²) in [5.74, 6) is 0. The van der Waals surface area contributed by atoms with Crippen molar-refractivity contribution in [2.24, 2.45) is 0 Å². The molecule has 0 aromatic rings. The van der Waals surface area contributed by atoms with Gasteiger partial charge in [-0.1, -0.05) is 39.5 Å². The molecule has 0 rings (SSSR count). The molecule has 14 heavy (non-hydrogen) atoms. The molecule has 0 aliphatic heterocycles. The molecule has 0 aliphatic rings. The second-order valence-corrected chi connectivity index (χ2v) is 4.42. The van der Waals surface area contributed by atoms with Crippen molar-refractivity contribution in [3.63, 3.8) is 0 Å². The lowest BCUT2D eigenvalue weighted by Crippen LogP contribution is -2.27. The predicted octanol–water partition coefficient (Wildman–Crippen LogP) is 3.92. The minimum atomic E-state index is 1.30. The van der Waals surface area contributed by atoms with Crippen molar-refractivity contribution >= 4 is 0 Å². The highest BCUT2D eigenvalue weighted by Gasteiger charge is 2.05. The van der Waals surface area contributed by atoms with E-state index in [1.165, 1.54) is 64.5 Å². The molecule has 1 radical (unpaired) electrons. The normalized spacial score (nSPS) is 11.1. The molecule has 0 atom stereocenters. The van der Waals surface area contributed by atoms with Crippen LogP contribution in [0.2, 0.25) is 0 Å². The average molecular weight is 199 g/mol. The molecule has 1 nitrogen and oxygen atoms in total. The van der Waals surface area contributed by atoms with Crippen molar-refractivity contribution in [3.05, 3.63) is 0 Å². The van der Waals surface area contributed by atoms with E-state index in [1.807, 2.05) is 0 Å². The third kappa shape index (κ3) is 10.0. The fourth-order valence-electron chi connectivity index (χ4n) is 1.73. The van der Waals surface area contributed by atoms with E-state index in [4.69, 9.17) is 0 Å². The molecule has 0 bridgehead atoms. The van der Waals surface area contributed by atoms with Crippen molar-refractivity contribution in [1.29, 1.82) is 0 Å². The summed E-state index contributed by atoms with van der Waals surface area (Å²) >= 11 is 0. The van der Waals surface area contributed by atoms with Gasteiger partial charge in [0, 0.05) is 12.8 Å². The summed E-state index contributed by atoms with van der Waals surface area (Å²) in [7, 11) is 2.26. The summed E-state index contributed by atoms with van der Waals surface area (Å²) in [6.07, 6.45) is 11.1. The summed E-state index contributed by atoms with van der Waals surface area (Å²) in [6, 6.07) is 0. The van der Waals surface area contributed by atoms with Gasteiger partial charge in [0.25, 0.3) is 0 Å². The van der Waals surface area contributed by atoms with Crippen LogP contribution in [0.1, 0.15) is 65.2 Å². The van der Waals surface area contributed by atoms with Crippen LogP contribution in [0.15, 0.2) is 0 Å². The van der Waals surface area contributed by atoms with Crippen LogP contribution < -0.4 is 4.90 Å². The first kappa shape index (κ1) is 14.0. The van der Waals surface area contributed by atoms with Crippen molar-refractivity contribution < 1.29 is 0 Å². The zero-order chi connectivity index (χ0) is 10.6. The second-order valence-electron chi connectivity index (χ2n) is 4.42. The minimum Gasteiger partial charge on any atom is -0.173 e. The number of rotatable bonds is 10. The van der Waals surface area contributed by atoms with Crippen LogP contribution in [0.25, 0.3) is 0 Å². The van der Waals surface area contributed by atoms with Crippen LogP contribution in [0.5, 0.6) is 0 Å². The fraction of sp³-hybridized carbons (Fsp3) is 1.00. The monoisotopic (exact) mass is 199 g/mol. The summed E-state index contributed by atoms with van der Waals surface area (Å²) < 4.78 is 0. The second kappa shape index (κ2) is 11.0. The van der Waals surface area contributed by atoms with Gasteiger partial charge in [0.2, 0.25) is 0 Å². The first-order valence-corrected chi connectivity index (χ1v) is 6.49. The van der Waals surface area contributed by atoms with E-state index >= 15 is 0 Å². The Bertz CT molecular complexity index is 89.4. The van der Waals surface area contributed by atoms with Gasteiger partial charge in [0.15, 0.2) is 0 Å². The van der Waals surface area contributed by atoms with Crippen LogP contribution in [0.4, 0.5) is 0 Å². The van der Waals surface area contributed by atoms with Crippen molar-refractivity contribution in [2.45, 2.75) is 65.2 Å². The zero-order valence-corrected chi connectivity index (χ0v) is 10.5. The molecule has 0 aliphatic carbocycles. The van der Waals surface area contributed by atoms with Crippen molar-refractivity contribution in [2.75, 3.05) is 20.1 Å². The van der Waals surface area contributed by atoms with Gasteiger partial charge >= 0.3 is 0 Å². The lowest BCUT2D eigenvalue weighted by Gasteiger charge is -2.06. The van der Waals surface area contributed by atoms with E-state index in [2.05, 4.69) is 25.8 Å². The first-order chi connectivity index (χ1) is 6.81. The van der Waals surface area contributed by atoms with Gasteiger partial charge in [-0.15, -0.1) is 0 Å². The molecule has 0 N–H and O–H groups in total. The van der Waals surface area contributed by atoms with Gasteiger partial charge in [-0.2, -0.15) is 4.90 Å². The summed E-state index contributed by atoms with van der Waals surface area (Å²) in [5, 5.41) is 0. The van der Waals surface area contributed by atoms with E-state index < -0.39 is 0 Å². The Kier molecular flexibility index (Phi) is 11.0. The first-order valence-electron chi connectivity index (χ1n) is 6.49. The van der Waals surface area contributed by atoms with Gasteiger partial charge in [0.1, 0.15) is 20.1 Å². The number of hydrogen-bond acceptors (Lipinski definition) is 1. The molecule has 0 saturated carbocycles. The van der Waals surface area contributed by atoms with Gasteiger partial charge < -0.3 is 0 Å². The summed E-state index contributed by atoms with van der Waals surface area (Å²) in [6.45, 7) is 7.14. The maximum atomic E-state index is 2.49. The third-order valence-electron chi connectivity index (χ3n) is 2.79. The SMILES string of the molecule is CCCCCC[N+](C)CCCCCC. The highest BCUT2D eigenvalue weighted by molar-refractivity contribution is 4.57. The Labute approximate surface area is 90.9 Å². The van der Waals surface area contributed by atoms with E-state index in [-0.39, 0.29) is 0 Å². The Morgan fingerprint density at radius 2 is 1.07 bits per heavy atom. The molecule has 0 unspecified atom stereocenters. The molecule has 0 heterocycles. The minimum absolute atomic E-state index is 1.30. The molecule has 0 saturated heterocycles. The van der Waals surface area contributed by atoms with Gasteiger partial charge in [-0.05, 0) is 12.8 Å². The lowest BCUT2D eigenvalue weighted by molar-refractivity contribution is 0.434. The quantitative estimate of drug-likeness (QED) is 0.371. The van der Waals surface area contributed by atoms with Crippen LogP contribution >= 0.6 is 0 Å². The van der Waals surface area contributed by atoms with Gasteiger partial charge in [0.05, 0.1) is 0 Å². The molecule has 0 aromatic carbocycles. The number of nitrogens with zero attached hydrogens (tertiary/aromatic N) is 1. The molecular weight excluding hydrogens is 170 g/mol. The zero-order valence-electron chi connectivity index (χ0n) is 10.5. The van der Waals surface area contributed by atoms with Gasteiger partial charge in [-0.3, -0.25) is 0 Å². The summed E-state index contributed by atoms with van der Waals surface area (Å²) in [5.41, 5.74) is 0. The molecule has 1 heteroatoms. The van der Waals surface area contributed by atoms with Crippen molar-refractivity contribution in [1.82, 2.24) is 4.90 Å². The number of hydrogen-bond donors (Lipinski definition) is 0. The van der Waals surface area contributed by atoms with E-state index in [0.717, 1.165) is 0 Å². The highest BCUT2D eigenvalue weighted by atomic mass is 15.1. The van der Waals surface area contributed by atoms with Crippen LogP contribution in [-0.4, -0.2) is 20.1 Å². The number of unbranched alkanes of at least 4 members (excludes halogenated alkanes) is 6. The molecule has 0 amide bonds.